The van der Waals surface area contributed by atoms with Crippen molar-refractivity contribution in [2.24, 2.45) is 13.0 Å². The van der Waals surface area contributed by atoms with Crippen LogP contribution in [-0.2, 0) is 21.4 Å². The van der Waals surface area contributed by atoms with Gasteiger partial charge in [-0.1, -0.05) is 55.7 Å². The fourth-order valence-electron chi connectivity index (χ4n) is 4.87. The van der Waals surface area contributed by atoms with Gasteiger partial charge in [0.25, 0.3) is 0 Å². The zero-order valence-corrected chi connectivity index (χ0v) is 24.7. The summed E-state index contributed by atoms with van der Waals surface area (Å²) >= 11 is 0. The van der Waals surface area contributed by atoms with Gasteiger partial charge in [0.15, 0.2) is 6.23 Å². The van der Waals surface area contributed by atoms with Crippen molar-refractivity contribution in [1.82, 2.24) is 9.78 Å². The van der Waals surface area contributed by atoms with E-state index in [9.17, 15) is 19.1 Å². The van der Waals surface area contributed by atoms with Crippen molar-refractivity contribution in [3.63, 3.8) is 0 Å². The predicted molar refractivity (Wildman–Crippen MR) is 167 cm³/mol. The predicted octanol–water partition coefficient (Wildman–Crippen LogP) is 6.75. The summed E-state index contributed by atoms with van der Waals surface area (Å²) in [5, 5.41) is 16.2. The lowest BCUT2D eigenvalue weighted by molar-refractivity contribution is -0.111. The molecule has 0 amide bonds. The highest BCUT2D eigenvalue weighted by Crippen LogP contribution is 2.29. The Hall–Kier alpha value is -4.14. The largest absolute Gasteiger partial charge is 0.388 e. The molecule has 1 aliphatic rings. The van der Waals surface area contributed by atoms with Gasteiger partial charge in [0.05, 0.1) is 11.7 Å². The van der Waals surface area contributed by atoms with Crippen molar-refractivity contribution >= 4 is 35.2 Å². The van der Waals surface area contributed by atoms with Gasteiger partial charge in [0.1, 0.15) is 18.4 Å². The molecule has 1 saturated carbocycles. The maximum atomic E-state index is 14.0. The number of aryl methyl sites for hydroxylation is 1. The first kappa shape index (κ1) is 32.4. The van der Waals surface area contributed by atoms with Crippen molar-refractivity contribution in [3.05, 3.63) is 89.9 Å². The number of aliphatic hydroxyl groups is 1. The van der Waals surface area contributed by atoms with E-state index < -0.39 is 12.0 Å². The molecule has 1 N–H and O–H groups in total. The molecule has 3 aromatic carbocycles. The summed E-state index contributed by atoms with van der Waals surface area (Å²) < 4.78 is 20.1. The molecule has 4 aromatic rings. The summed E-state index contributed by atoms with van der Waals surface area (Å²) in [5.74, 6) is -0.0352. The third-order valence-corrected chi connectivity index (χ3v) is 7.18. The molecule has 7 nitrogen and oxygen atoms in total. The lowest BCUT2D eigenvalue weighted by Crippen LogP contribution is -2.23. The highest BCUT2D eigenvalue weighted by Gasteiger charge is 2.16. The number of anilines is 1. The number of hydrogen-bond acceptors (Lipinski definition) is 6. The molecule has 0 radical (unpaired) electrons. The van der Waals surface area contributed by atoms with Crippen LogP contribution < -0.4 is 4.90 Å². The summed E-state index contributed by atoms with van der Waals surface area (Å²) in [6.45, 7) is 0. The van der Waals surface area contributed by atoms with Crippen LogP contribution in [0.15, 0.2) is 72.9 Å². The third kappa shape index (κ3) is 8.93. The monoisotopic (exact) mass is 573 g/mol. The van der Waals surface area contributed by atoms with Gasteiger partial charge >= 0.3 is 0 Å². The van der Waals surface area contributed by atoms with E-state index in [1.807, 2.05) is 54.3 Å². The molecular weight excluding hydrogens is 533 g/mol. The SMILES string of the molecule is CN(c1cc(F)cc(/C=C/C=O)c1)C(O)c1ccc(-c2ccc3c(cnn3C)c2)cc1.COC.O=CC1CCCCC1. The number of benzene rings is 3. The fourth-order valence-corrected chi connectivity index (χ4v) is 4.87. The molecule has 222 valence electrons. The number of allylic oxidation sites excluding steroid dienone is 1. The standard InChI is InChI=1S/C25H22FN3O2.C7H12O.C2H6O/c1-28(23-13-17(4-3-11-30)12-22(26)15-23)25(31)19-7-5-18(6-8-19)20-9-10-24-21(14-20)16-27-29(24)2;8-6-7-4-2-1-3-5-7;1-3-2/h3-16,25,31H,1-2H3;6-7H,1-5H2;1-2H3/b4-3+;;. The molecule has 1 fully saturated rings. The molecular formula is C34H40FN3O4. The number of carbonyl (C=O) groups is 2. The number of ether oxygens (including phenoxy) is 1. The van der Waals surface area contributed by atoms with Gasteiger partial charge in [0.2, 0.25) is 0 Å². The summed E-state index contributed by atoms with van der Waals surface area (Å²) in [4.78, 5) is 22.3. The Kier molecular flexibility index (Phi) is 12.6. The second-order valence-corrected chi connectivity index (χ2v) is 10.3. The normalized spacial score (nSPS) is 14.0. The molecule has 0 bridgehead atoms. The minimum absolute atomic E-state index is 0.406. The molecule has 1 heterocycles. The molecule has 1 aliphatic carbocycles. The Balaban J connectivity index is 0.000000372. The molecule has 42 heavy (non-hydrogen) atoms. The summed E-state index contributed by atoms with van der Waals surface area (Å²) in [6.07, 6.45) is 11.6. The average molecular weight is 574 g/mol. The van der Waals surface area contributed by atoms with Crippen molar-refractivity contribution < 1.29 is 23.8 Å². The van der Waals surface area contributed by atoms with E-state index >= 15 is 0 Å². The van der Waals surface area contributed by atoms with E-state index in [1.165, 1.54) is 43.5 Å². The number of halogens is 1. The van der Waals surface area contributed by atoms with Crippen molar-refractivity contribution in [2.45, 2.75) is 38.3 Å². The Morgan fingerprint density at radius 2 is 1.67 bits per heavy atom. The van der Waals surface area contributed by atoms with Gasteiger partial charge in [-0.2, -0.15) is 5.10 Å². The quantitative estimate of drug-likeness (QED) is 0.150. The number of aldehydes is 2. The zero-order valence-electron chi connectivity index (χ0n) is 24.7. The maximum absolute atomic E-state index is 14.0. The molecule has 1 atom stereocenters. The van der Waals surface area contributed by atoms with E-state index in [4.69, 9.17) is 0 Å². The van der Waals surface area contributed by atoms with Gasteiger partial charge in [-0.25, -0.2) is 4.39 Å². The van der Waals surface area contributed by atoms with Gasteiger partial charge in [-0.3, -0.25) is 9.48 Å². The van der Waals surface area contributed by atoms with Crippen LogP contribution in [0.1, 0.15) is 49.5 Å². The van der Waals surface area contributed by atoms with Gasteiger partial charge < -0.3 is 19.5 Å². The van der Waals surface area contributed by atoms with E-state index in [0.717, 1.165) is 41.2 Å². The molecule has 0 aliphatic heterocycles. The van der Waals surface area contributed by atoms with E-state index in [1.54, 1.807) is 32.2 Å². The van der Waals surface area contributed by atoms with Crippen LogP contribution in [-0.4, -0.2) is 48.7 Å². The first-order valence-corrected chi connectivity index (χ1v) is 14.0. The van der Waals surface area contributed by atoms with Crippen LogP contribution in [0.25, 0.3) is 28.1 Å². The Bertz CT molecular complexity index is 1460. The van der Waals surface area contributed by atoms with Gasteiger partial charge in [-0.05, 0) is 65.9 Å². The third-order valence-electron chi connectivity index (χ3n) is 7.18. The van der Waals surface area contributed by atoms with Gasteiger partial charge in [-0.15, -0.1) is 0 Å². The second-order valence-electron chi connectivity index (χ2n) is 10.3. The minimum atomic E-state index is -0.959. The van der Waals surface area contributed by atoms with Crippen molar-refractivity contribution in [1.29, 1.82) is 0 Å². The Labute approximate surface area is 247 Å². The molecule has 0 saturated heterocycles. The van der Waals surface area contributed by atoms with Crippen molar-refractivity contribution in [2.75, 3.05) is 26.2 Å². The molecule has 5 rings (SSSR count). The zero-order chi connectivity index (χ0) is 30.5. The number of aromatic nitrogens is 2. The lowest BCUT2D eigenvalue weighted by Gasteiger charge is -2.26. The average Bonchev–Trinajstić information content (AvgIpc) is 3.40. The summed E-state index contributed by atoms with van der Waals surface area (Å²) in [6, 6.07) is 18.2. The van der Waals surface area contributed by atoms with Crippen molar-refractivity contribution in [3.8, 4) is 11.1 Å². The van der Waals surface area contributed by atoms with Gasteiger partial charge in [0, 0.05) is 50.9 Å². The highest BCUT2D eigenvalue weighted by atomic mass is 19.1. The van der Waals surface area contributed by atoms with E-state index in [-0.39, 0.29) is 0 Å². The summed E-state index contributed by atoms with van der Waals surface area (Å²) in [5.41, 5.74) is 4.88. The van der Waals surface area contributed by atoms with E-state index in [0.29, 0.717) is 29.0 Å². The first-order chi connectivity index (χ1) is 20.3. The minimum Gasteiger partial charge on any atom is -0.388 e. The topological polar surface area (TPSA) is 84.7 Å². The number of methoxy groups -OCH3 is 1. The van der Waals surface area contributed by atoms with Crippen LogP contribution in [0.5, 0.6) is 0 Å². The molecule has 8 heteroatoms. The van der Waals surface area contributed by atoms with Crippen LogP contribution in [0.3, 0.4) is 0 Å². The number of nitrogens with zero attached hydrogens (tertiary/aromatic N) is 3. The van der Waals surface area contributed by atoms with Crippen LogP contribution in [0, 0.1) is 11.7 Å². The number of fused-ring (bicyclic) bond motifs is 1. The molecule has 1 unspecified atom stereocenters. The maximum Gasteiger partial charge on any atom is 0.153 e. The molecule has 1 aromatic heterocycles. The van der Waals surface area contributed by atoms with Crippen LogP contribution in [0.4, 0.5) is 10.1 Å². The number of carbonyl (C=O) groups excluding carboxylic acids is 2. The smallest absolute Gasteiger partial charge is 0.153 e. The lowest BCUT2D eigenvalue weighted by atomic mass is 9.91. The summed E-state index contributed by atoms with van der Waals surface area (Å²) in [7, 11) is 6.85. The number of aliphatic hydroxyl groups excluding tert-OH is 1. The van der Waals surface area contributed by atoms with E-state index in [2.05, 4.69) is 15.9 Å². The fraction of sp³-hybridized carbons (Fsp3) is 0.324. The number of hydrogen-bond donors (Lipinski definition) is 1. The Morgan fingerprint density at radius 3 is 2.29 bits per heavy atom. The van der Waals surface area contributed by atoms with Crippen LogP contribution >= 0.6 is 0 Å². The van der Waals surface area contributed by atoms with Crippen LogP contribution in [0.2, 0.25) is 0 Å². The Morgan fingerprint density at radius 1 is 1.00 bits per heavy atom. The second kappa shape index (κ2) is 16.3. The first-order valence-electron chi connectivity index (χ1n) is 14.0. The molecule has 0 spiro atoms. The number of rotatable bonds is 7. The highest BCUT2D eigenvalue weighted by molar-refractivity contribution is 5.84.